The van der Waals surface area contributed by atoms with Crippen LogP contribution in [0.4, 0.5) is 0 Å². The summed E-state index contributed by atoms with van der Waals surface area (Å²) in [6.07, 6.45) is 3.04. The second kappa shape index (κ2) is 9.23. The minimum atomic E-state index is -0.721. The van der Waals surface area contributed by atoms with Gasteiger partial charge >= 0.3 is 11.9 Å². The Morgan fingerprint density at radius 3 is 2.39 bits per heavy atom. The number of nitrogens with zero attached hydrogens (tertiary/aromatic N) is 1. The van der Waals surface area contributed by atoms with Gasteiger partial charge in [0.25, 0.3) is 0 Å². The molecular weight excluding hydrogens is 296 g/mol. The smallest absolute Gasteiger partial charge is 0.320 e. The molecule has 0 saturated carbocycles. The van der Waals surface area contributed by atoms with Crippen LogP contribution in [0.5, 0.6) is 0 Å². The highest BCUT2D eigenvalue weighted by molar-refractivity contribution is 5.73. The maximum Gasteiger partial charge on any atom is 0.320 e. The summed E-state index contributed by atoms with van der Waals surface area (Å²) in [6.45, 7) is 10.7. The number of esters is 1. The van der Waals surface area contributed by atoms with Crippen molar-refractivity contribution in [3.63, 3.8) is 0 Å². The van der Waals surface area contributed by atoms with Gasteiger partial charge in [-0.15, -0.1) is 0 Å². The van der Waals surface area contributed by atoms with E-state index in [9.17, 15) is 14.7 Å². The predicted octanol–water partition coefficient (Wildman–Crippen LogP) is 1.88. The summed E-state index contributed by atoms with van der Waals surface area (Å²) in [7, 11) is 0. The summed E-state index contributed by atoms with van der Waals surface area (Å²) in [5, 5.41) is 12.5. The SMILES string of the molecule is CCC(C(=O)O)N1CCC(CNCCC(=O)OC(C)(C)C)CC1. The Morgan fingerprint density at radius 1 is 1.30 bits per heavy atom. The van der Waals surface area contributed by atoms with Gasteiger partial charge in [0.2, 0.25) is 0 Å². The molecule has 6 heteroatoms. The lowest BCUT2D eigenvalue weighted by Gasteiger charge is -2.35. The Balaban J connectivity index is 2.17. The van der Waals surface area contributed by atoms with E-state index < -0.39 is 11.6 Å². The summed E-state index contributed by atoms with van der Waals surface area (Å²) in [6, 6.07) is -0.351. The van der Waals surface area contributed by atoms with E-state index in [1.807, 2.05) is 27.7 Å². The number of likely N-dealkylation sites (tertiary alicyclic amines) is 1. The van der Waals surface area contributed by atoms with Crippen LogP contribution in [0.15, 0.2) is 0 Å². The molecule has 1 fully saturated rings. The van der Waals surface area contributed by atoms with Gasteiger partial charge in [0.05, 0.1) is 6.42 Å². The van der Waals surface area contributed by atoms with Crippen molar-refractivity contribution in [1.29, 1.82) is 0 Å². The summed E-state index contributed by atoms with van der Waals surface area (Å²) in [5.41, 5.74) is -0.427. The number of carboxylic acids is 1. The van der Waals surface area contributed by atoms with Crippen LogP contribution in [0, 0.1) is 5.92 Å². The molecule has 0 aromatic heterocycles. The van der Waals surface area contributed by atoms with E-state index in [4.69, 9.17) is 4.74 Å². The number of hydrogen-bond acceptors (Lipinski definition) is 5. The molecule has 0 aromatic carbocycles. The van der Waals surface area contributed by atoms with Crippen LogP contribution in [-0.2, 0) is 14.3 Å². The van der Waals surface area contributed by atoms with Crippen molar-refractivity contribution in [1.82, 2.24) is 10.2 Å². The number of hydrogen-bond donors (Lipinski definition) is 2. The predicted molar refractivity (Wildman–Crippen MR) is 89.3 cm³/mol. The largest absolute Gasteiger partial charge is 0.480 e. The van der Waals surface area contributed by atoms with Gasteiger partial charge in [-0.1, -0.05) is 6.92 Å². The third kappa shape index (κ3) is 7.79. The van der Waals surface area contributed by atoms with Gasteiger partial charge in [0.15, 0.2) is 0 Å². The zero-order chi connectivity index (χ0) is 17.5. The number of rotatable bonds is 8. The van der Waals surface area contributed by atoms with E-state index in [0.717, 1.165) is 32.5 Å². The van der Waals surface area contributed by atoms with E-state index in [-0.39, 0.29) is 12.0 Å². The fourth-order valence-corrected chi connectivity index (χ4v) is 2.95. The Hall–Kier alpha value is -1.14. The van der Waals surface area contributed by atoms with Gasteiger partial charge in [-0.25, -0.2) is 0 Å². The number of carboxylic acid groups (broad SMARTS) is 1. The van der Waals surface area contributed by atoms with Gasteiger partial charge in [0, 0.05) is 6.54 Å². The van der Waals surface area contributed by atoms with Crippen molar-refractivity contribution >= 4 is 11.9 Å². The lowest BCUT2D eigenvalue weighted by molar-refractivity contribution is -0.154. The number of carbonyl (C=O) groups excluding carboxylic acids is 1. The molecule has 2 N–H and O–H groups in total. The molecule has 23 heavy (non-hydrogen) atoms. The lowest BCUT2D eigenvalue weighted by Crippen LogP contribution is -2.46. The van der Waals surface area contributed by atoms with Crippen molar-refractivity contribution in [3.05, 3.63) is 0 Å². The molecule has 1 heterocycles. The number of piperidine rings is 1. The van der Waals surface area contributed by atoms with Crippen LogP contribution in [0.2, 0.25) is 0 Å². The Bertz CT molecular complexity index is 385. The monoisotopic (exact) mass is 328 g/mol. The van der Waals surface area contributed by atoms with Crippen LogP contribution < -0.4 is 5.32 Å². The molecule has 0 aromatic rings. The second-order valence-corrected chi connectivity index (χ2v) is 7.28. The molecule has 0 amide bonds. The van der Waals surface area contributed by atoms with Crippen LogP contribution >= 0.6 is 0 Å². The Morgan fingerprint density at radius 2 is 1.91 bits per heavy atom. The maximum absolute atomic E-state index is 11.6. The van der Waals surface area contributed by atoms with Crippen LogP contribution in [-0.4, -0.2) is 59.8 Å². The zero-order valence-corrected chi connectivity index (χ0v) is 14.9. The van der Waals surface area contributed by atoms with Gasteiger partial charge in [-0.2, -0.15) is 0 Å². The molecule has 0 radical (unpaired) electrons. The summed E-state index contributed by atoms with van der Waals surface area (Å²) >= 11 is 0. The van der Waals surface area contributed by atoms with E-state index in [1.165, 1.54) is 0 Å². The molecule has 1 atom stereocenters. The second-order valence-electron chi connectivity index (χ2n) is 7.28. The Labute approximate surface area is 139 Å². The van der Waals surface area contributed by atoms with Crippen molar-refractivity contribution in [3.8, 4) is 0 Å². The molecule has 0 aliphatic carbocycles. The molecule has 1 aliphatic rings. The van der Waals surface area contributed by atoms with Crippen molar-refractivity contribution in [2.75, 3.05) is 26.2 Å². The summed E-state index contributed by atoms with van der Waals surface area (Å²) in [5.74, 6) is -0.343. The number of aliphatic carboxylic acids is 1. The average molecular weight is 328 g/mol. The molecule has 0 bridgehead atoms. The van der Waals surface area contributed by atoms with Crippen molar-refractivity contribution < 1.29 is 19.4 Å². The minimum absolute atomic E-state index is 0.174. The fourth-order valence-electron chi connectivity index (χ4n) is 2.95. The summed E-state index contributed by atoms with van der Waals surface area (Å²) in [4.78, 5) is 24.9. The van der Waals surface area contributed by atoms with E-state index in [2.05, 4.69) is 10.2 Å². The first kappa shape index (κ1) is 19.9. The van der Waals surface area contributed by atoms with Crippen LogP contribution in [0.25, 0.3) is 0 Å². The minimum Gasteiger partial charge on any atom is -0.480 e. The zero-order valence-electron chi connectivity index (χ0n) is 14.9. The van der Waals surface area contributed by atoms with Crippen LogP contribution in [0.1, 0.15) is 53.4 Å². The fraction of sp³-hybridized carbons (Fsp3) is 0.882. The normalized spacial score (nSPS) is 18.6. The van der Waals surface area contributed by atoms with Crippen molar-refractivity contribution in [2.45, 2.75) is 65.0 Å². The lowest BCUT2D eigenvalue weighted by atomic mass is 9.95. The Kier molecular flexibility index (Phi) is 7.99. The van der Waals surface area contributed by atoms with E-state index in [0.29, 0.717) is 25.3 Å². The molecule has 0 spiro atoms. The van der Waals surface area contributed by atoms with Gasteiger partial charge < -0.3 is 15.2 Å². The highest BCUT2D eigenvalue weighted by Gasteiger charge is 2.28. The number of nitrogens with one attached hydrogen (secondary N) is 1. The number of carbonyl (C=O) groups is 2. The molecule has 6 nitrogen and oxygen atoms in total. The highest BCUT2D eigenvalue weighted by atomic mass is 16.6. The third-order valence-corrected chi connectivity index (χ3v) is 4.12. The molecular formula is C17H32N2O4. The molecule has 1 aliphatic heterocycles. The first-order valence-electron chi connectivity index (χ1n) is 8.62. The van der Waals surface area contributed by atoms with Crippen LogP contribution in [0.3, 0.4) is 0 Å². The highest BCUT2D eigenvalue weighted by Crippen LogP contribution is 2.19. The van der Waals surface area contributed by atoms with Gasteiger partial charge in [-0.3, -0.25) is 14.5 Å². The van der Waals surface area contributed by atoms with Crippen molar-refractivity contribution in [2.24, 2.45) is 5.92 Å². The quantitative estimate of drug-likeness (QED) is 0.523. The standard InChI is InChI=1S/C17H32N2O4/c1-5-14(16(21)22)19-10-7-13(8-11-19)12-18-9-6-15(20)23-17(2,3)4/h13-14,18H,5-12H2,1-4H3,(H,21,22). The number of ether oxygens (including phenoxy) is 1. The summed E-state index contributed by atoms with van der Waals surface area (Å²) < 4.78 is 5.26. The van der Waals surface area contributed by atoms with Gasteiger partial charge in [0.1, 0.15) is 11.6 Å². The topological polar surface area (TPSA) is 78.9 Å². The molecule has 134 valence electrons. The van der Waals surface area contributed by atoms with E-state index >= 15 is 0 Å². The van der Waals surface area contributed by atoms with E-state index in [1.54, 1.807) is 0 Å². The molecule has 1 rings (SSSR count). The first-order valence-corrected chi connectivity index (χ1v) is 8.62. The molecule has 1 saturated heterocycles. The maximum atomic E-state index is 11.6. The average Bonchev–Trinajstić information content (AvgIpc) is 2.43. The first-order chi connectivity index (χ1) is 10.7. The molecule has 1 unspecified atom stereocenters. The van der Waals surface area contributed by atoms with Gasteiger partial charge in [-0.05, 0) is 65.6 Å². The third-order valence-electron chi connectivity index (χ3n) is 4.12.